The Kier molecular flexibility index (Phi) is 4.89. The molecule has 2 aromatic carbocycles. The van der Waals surface area contributed by atoms with Gasteiger partial charge in [0.15, 0.2) is 5.78 Å². The second kappa shape index (κ2) is 7.12. The quantitative estimate of drug-likeness (QED) is 0.813. The summed E-state index contributed by atoms with van der Waals surface area (Å²) in [5.74, 6) is 0.265. The number of Topliss-reactive ketones (excluding diaryl/α,β-unsaturated/α-hetero) is 1. The van der Waals surface area contributed by atoms with Crippen molar-refractivity contribution in [1.82, 2.24) is 0 Å². The van der Waals surface area contributed by atoms with Gasteiger partial charge in [0.05, 0.1) is 18.6 Å². The van der Waals surface area contributed by atoms with E-state index in [1.54, 1.807) is 25.3 Å². The first-order chi connectivity index (χ1) is 12.4. The van der Waals surface area contributed by atoms with Crippen molar-refractivity contribution >= 4 is 5.78 Å². The molecule has 0 saturated carbocycles. The van der Waals surface area contributed by atoms with Gasteiger partial charge in [-0.05, 0) is 38.0 Å². The first kappa shape index (κ1) is 17.9. The number of rotatable bonds is 4. The lowest BCUT2D eigenvalue weighted by molar-refractivity contribution is 0.0893. The summed E-state index contributed by atoms with van der Waals surface area (Å²) in [6.45, 7) is 4.16. The van der Waals surface area contributed by atoms with Crippen LogP contribution in [0.4, 0.5) is 0 Å². The van der Waals surface area contributed by atoms with Gasteiger partial charge in [-0.3, -0.25) is 4.79 Å². The summed E-state index contributed by atoms with van der Waals surface area (Å²) in [6.07, 6.45) is 2.73. The summed E-state index contributed by atoms with van der Waals surface area (Å²) in [6, 6.07) is 7.78. The number of phenolic OH excluding ortho intramolecular Hbond substituents is 2. The maximum atomic E-state index is 13.0. The van der Waals surface area contributed by atoms with E-state index < -0.39 is 5.92 Å². The summed E-state index contributed by atoms with van der Waals surface area (Å²) in [7, 11) is 1.59. The highest BCUT2D eigenvalue weighted by Gasteiger charge is 2.33. The number of carbonyl (C=O) groups is 1. The first-order valence-corrected chi connectivity index (χ1v) is 8.44. The van der Waals surface area contributed by atoms with Crippen LogP contribution in [0.1, 0.15) is 41.3 Å². The number of methoxy groups -OCH3 is 1. The monoisotopic (exact) mass is 354 g/mol. The van der Waals surface area contributed by atoms with Gasteiger partial charge in [0.1, 0.15) is 29.6 Å². The molecule has 5 heteroatoms. The van der Waals surface area contributed by atoms with Crippen LogP contribution in [0.15, 0.2) is 42.0 Å². The summed E-state index contributed by atoms with van der Waals surface area (Å²) in [5, 5.41) is 19.6. The number of aromatic hydroxyl groups is 2. The van der Waals surface area contributed by atoms with Crippen LogP contribution in [0.25, 0.3) is 0 Å². The number of fused-ring (bicyclic) bond motifs is 1. The SMILES string of the molecule is COc1cc2c(cc1CC=C(C)C)C(=O)C(c1ccc(O)cc1O)CO2. The summed E-state index contributed by atoms with van der Waals surface area (Å²) in [4.78, 5) is 13.0. The van der Waals surface area contributed by atoms with Crippen molar-refractivity contribution in [1.29, 1.82) is 0 Å². The zero-order valence-corrected chi connectivity index (χ0v) is 15.1. The van der Waals surface area contributed by atoms with E-state index in [0.29, 0.717) is 29.0 Å². The molecule has 26 heavy (non-hydrogen) atoms. The number of phenols is 2. The van der Waals surface area contributed by atoms with Crippen LogP contribution in [0.5, 0.6) is 23.0 Å². The van der Waals surface area contributed by atoms with Crippen molar-refractivity contribution in [3.8, 4) is 23.0 Å². The second-order valence-electron chi connectivity index (χ2n) is 6.62. The van der Waals surface area contributed by atoms with E-state index >= 15 is 0 Å². The minimum atomic E-state index is -0.618. The molecule has 136 valence electrons. The number of allylic oxidation sites excluding steroid dienone is 2. The van der Waals surface area contributed by atoms with Crippen molar-refractivity contribution in [3.05, 3.63) is 58.7 Å². The van der Waals surface area contributed by atoms with Crippen LogP contribution >= 0.6 is 0 Å². The number of hydrogen-bond donors (Lipinski definition) is 2. The minimum Gasteiger partial charge on any atom is -0.508 e. The van der Waals surface area contributed by atoms with Gasteiger partial charge >= 0.3 is 0 Å². The van der Waals surface area contributed by atoms with Gasteiger partial charge in [-0.15, -0.1) is 0 Å². The molecule has 0 amide bonds. The van der Waals surface area contributed by atoms with Crippen molar-refractivity contribution < 1.29 is 24.5 Å². The molecule has 1 aliphatic heterocycles. The zero-order valence-electron chi connectivity index (χ0n) is 15.1. The lowest BCUT2D eigenvalue weighted by Crippen LogP contribution is -2.26. The van der Waals surface area contributed by atoms with Crippen molar-refractivity contribution in [2.75, 3.05) is 13.7 Å². The van der Waals surface area contributed by atoms with Crippen LogP contribution in [-0.4, -0.2) is 29.7 Å². The highest BCUT2D eigenvalue weighted by atomic mass is 16.5. The molecule has 0 aliphatic carbocycles. The third-order valence-electron chi connectivity index (χ3n) is 4.49. The average Bonchev–Trinajstić information content (AvgIpc) is 2.60. The Balaban J connectivity index is 2.00. The van der Waals surface area contributed by atoms with Gasteiger partial charge in [-0.1, -0.05) is 17.7 Å². The molecular formula is C21H22O5. The fourth-order valence-electron chi connectivity index (χ4n) is 3.08. The smallest absolute Gasteiger partial charge is 0.177 e. The van der Waals surface area contributed by atoms with Crippen LogP contribution in [0, 0.1) is 0 Å². The van der Waals surface area contributed by atoms with E-state index in [1.807, 2.05) is 13.8 Å². The Hall–Kier alpha value is -2.95. The molecule has 0 bridgehead atoms. The zero-order chi connectivity index (χ0) is 18.8. The summed E-state index contributed by atoms with van der Waals surface area (Å²) in [5.41, 5.74) is 3.01. The normalized spacial score (nSPS) is 15.8. The van der Waals surface area contributed by atoms with Gasteiger partial charge in [-0.25, -0.2) is 0 Å². The summed E-state index contributed by atoms with van der Waals surface area (Å²) < 4.78 is 11.2. The van der Waals surface area contributed by atoms with Crippen molar-refractivity contribution in [3.63, 3.8) is 0 Å². The molecule has 0 fully saturated rings. The van der Waals surface area contributed by atoms with Gasteiger partial charge in [0.25, 0.3) is 0 Å². The van der Waals surface area contributed by atoms with E-state index in [9.17, 15) is 15.0 Å². The van der Waals surface area contributed by atoms with E-state index in [0.717, 1.165) is 5.56 Å². The fourth-order valence-corrected chi connectivity index (χ4v) is 3.08. The largest absolute Gasteiger partial charge is 0.508 e. The third-order valence-corrected chi connectivity index (χ3v) is 4.49. The van der Waals surface area contributed by atoms with E-state index in [4.69, 9.17) is 9.47 Å². The van der Waals surface area contributed by atoms with Gasteiger partial charge in [-0.2, -0.15) is 0 Å². The highest BCUT2D eigenvalue weighted by Crippen LogP contribution is 2.39. The Morgan fingerprint density at radius 3 is 2.69 bits per heavy atom. The molecular weight excluding hydrogens is 332 g/mol. The lowest BCUT2D eigenvalue weighted by Gasteiger charge is -2.26. The molecule has 1 aliphatic rings. The molecule has 2 aromatic rings. The highest BCUT2D eigenvalue weighted by molar-refractivity contribution is 6.05. The molecule has 2 N–H and O–H groups in total. The van der Waals surface area contributed by atoms with Crippen LogP contribution in [0.3, 0.4) is 0 Å². The van der Waals surface area contributed by atoms with Gasteiger partial charge in [0, 0.05) is 17.7 Å². The van der Waals surface area contributed by atoms with E-state index in [-0.39, 0.29) is 23.9 Å². The first-order valence-electron chi connectivity index (χ1n) is 8.44. The predicted molar refractivity (Wildman–Crippen MR) is 98.5 cm³/mol. The van der Waals surface area contributed by atoms with E-state index in [1.165, 1.54) is 17.7 Å². The maximum absolute atomic E-state index is 13.0. The molecule has 1 unspecified atom stereocenters. The van der Waals surface area contributed by atoms with Crippen LogP contribution < -0.4 is 9.47 Å². The van der Waals surface area contributed by atoms with Crippen molar-refractivity contribution in [2.45, 2.75) is 26.2 Å². The second-order valence-corrected chi connectivity index (χ2v) is 6.62. The average molecular weight is 354 g/mol. The Labute approximate surface area is 152 Å². The molecule has 5 nitrogen and oxygen atoms in total. The van der Waals surface area contributed by atoms with E-state index in [2.05, 4.69) is 6.08 Å². The number of ketones is 1. The van der Waals surface area contributed by atoms with Crippen molar-refractivity contribution in [2.24, 2.45) is 0 Å². The van der Waals surface area contributed by atoms with Gasteiger partial charge < -0.3 is 19.7 Å². The molecule has 3 rings (SSSR count). The number of hydrogen-bond acceptors (Lipinski definition) is 5. The Bertz CT molecular complexity index is 878. The van der Waals surface area contributed by atoms with Gasteiger partial charge in [0.2, 0.25) is 0 Å². The third kappa shape index (κ3) is 3.38. The van der Waals surface area contributed by atoms with Crippen LogP contribution in [0.2, 0.25) is 0 Å². The predicted octanol–water partition coefficient (Wildman–Crippen LogP) is 3.97. The minimum absolute atomic E-state index is 0.0513. The topological polar surface area (TPSA) is 76.0 Å². The molecule has 0 saturated heterocycles. The number of ether oxygens (including phenoxy) is 2. The lowest BCUT2D eigenvalue weighted by atomic mass is 9.87. The fraction of sp³-hybridized carbons (Fsp3) is 0.286. The Morgan fingerprint density at radius 2 is 2.04 bits per heavy atom. The standard InChI is InChI=1S/C21H22O5/c1-12(2)4-5-13-8-16-20(10-19(13)25-3)26-11-17(21(16)24)15-7-6-14(22)9-18(15)23/h4,6-10,17,22-23H,5,11H2,1-3H3. The number of benzene rings is 2. The maximum Gasteiger partial charge on any atom is 0.177 e. The number of carbonyl (C=O) groups excluding carboxylic acids is 1. The molecule has 0 spiro atoms. The summed E-state index contributed by atoms with van der Waals surface area (Å²) >= 11 is 0. The van der Waals surface area contributed by atoms with Crippen LogP contribution in [-0.2, 0) is 6.42 Å². The molecule has 0 radical (unpaired) electrons. The molecule has 0 aromatic heterocycles. The molecule has 1 heterocycles. The Morgan fingerprint density at radius 1 is 1.27 bits per heavy atom. The molecule has 1 atom stereocenters.